The van der Waals surface area contributed by atoms with Gasteiger partial charge in [0.1, 0.15) is 5.02 Å². The number of allylic oxidation sites excluding steroid dienone is 1. The highest BCUT2D eigenvalue weighted by Gasteiger charge is 2.20. The van der Waals surface area contributed by atoms with Crippen molar-refractivity contribution in [3.8, 4) is 0 Å². The second-order valence-electron chi connectivity index (χ2n) is 7.63. The molecule has 2 aliphatic rings. The van der Waals surface area contributed by atoms with E-state index in [0.717, 1.165) is 49.2 Å². The largest absolute Gasteiger partial charge is 0.349 e. The van der Waals surface area contributed by atoms with Crippen LogP contribution in [0.25, 0.3) is 0 Å². The Hall–Kier alpha value is -2.27. The summed E-state index contributed by atoms with van der Waals surface area (Å²) in [6, 6.07) is 6.37. The number of piperidine rings is 1. The van der Waals surface area contributed by atoms with Crippen molar-refractivity contribution in [2.45, 2.75) is 32.6 Å². The maximum atomic E-state index is 6.37. The van der Waals surface area contributed by atoms with Gasteiger partial charge < -0.3 is 15.1 Å². The van der Waals surface area contributed by atoms with Crippen LogP contribution in [-0.2, 0) is 6.42 Å². The van der Waals surface area contributed by atoms with Crippen LogP contribution in [0.15, 0.2) is 36.7 Å². The molecule has 1 fully saturated rings. The molecule has 0 spiro atoms. The third-order valence-electron chi connectivity index (χ3n) is 5.66. The molecule has 1 aromatic carbocycles. The molecule has 4 rings (SSSR count). The molecule has 0 bridgehead atoms. The van der Waals surface area contributed by atoms with E-state index in [1.807, 2.05) is 0 Å². The molecule has 0 aliphatic carbocycles. The van der Waals surface area contributed by atoms with Gasteiger partial charge >= 0.3 is 0 Å². The van der Waals surface area contributed by atoms with E-state index in [1.165, 1.54) is 24.1 Å². The average molecular weight is 384 g/mol. The van der Waals surface area contributed by atoms with Crippen LogP contribution in [0.5, 0.6) is 0 Å². The van der Waals surface area contributed by atoms with E-state index < -0.39 is 0 Å². The van der Waals surface area contributed by atoms with Gasteiger partial charge in [-0.1, -0.05) is 25.1 Å². The van der Waals surface area contributed by atoms with Gasteiger partial charge in [-0.2, -0.15) is 4.98 Å². The van der Waals surface area contributed by atoms with Gasteiger partial charge in [-0.05, 0) is 55.4 Å². The van der Waals surface area contributed by atoms with Crippen LogP contribution in [0, 0.1) is 5.92 Å². The zero-order valence-corrected chi connectivity index (χ0v) is 16.8. The zero-order valence-electron chi connectivity index (χ0n) is 16.0. The number of benzene rings is 1. The summed E-state index contributed by atoms with van der Waals surface area (Å²) in [4.78, 5) is 13.6. The minimum absolute atomic E-state index is 0.535. The van der Waals surface area contributed by atoms with Gasteiger partial charge in [0.15, 0.2) is 5.82 Å². The molecule has 0 radical (unpaired) electrons. The Balaban J connectivity index is 1.56. The Morgan fingerprint density at radius 2 is 2.00 bits per heavy atom. The lowest BCUT2D eigenvalue weighted by Gasteiger charge is -2.30. The van der Waals surface area contributed by atoms with Gasteiger partial charge in [0.05, 0.1) is 6.20 Å². The van der Waals surface area contributed by atoms with Crippen LogP contribution in [0.2, 0.25) is 5.02 Å². The average Bonchev–Trinajstić information content (AvgIpc) is 2.67. The number of rotatable bonds is 3. The normalized spacial score (nSPS) is 17.8. The third-order valence-corrected chi connectivity index (χ3v) is 5.94. The molecule has 27 heavy (non-hydrogen) atoms. The summed E-state index contributed by atoms with van der Waals surface area (Å²) in [5, 5.41) is 3.92. The molecule has 1 aromatic heterocycles. The molecule has 0 saturated carbocycles. The summed E-state index contributed by atoms with van der Waals surface area (Å²) in [6.45, 7) is 8.42. The smallest absolute Gasteiger partial charge is 0.227 e. The first-order chi connectivity index (χ1) is 13.0. The predicted octanol–water partition coefficient (Wildman–Crippen LogP) is 5.01. The molecule has 2 aromatic rings. The lowest BCUT2D eigenvalue weighted by atomic mass is 9.99. The van der Waals surface area contributed by atoms with Crippen molar-refractivity contribution in [1.29, 1.82) is 0 Å². The second kappa shape index (κ2) is 7.39. The highest BCUT2D eigenvalue weighted by molar-refractivity contribution is 6.32. The molecule has 2 aliphatic heterocycles. The maximum absolute atomic E-state index is 6.37. The molecular formula is C21H26ClN5. The highest BCUT2D eigenvalue weighted by atomic mass is 35.5. The summed E-state index contributed by atoms with van der Waals surface area (Å²) in [5.41, 5.74) is 4.68. The van der Waals surface area contributed by atoms with E-state index >= 15 is 0 Å². The molecular weight excluding hydrogens is 358 g/mol. The number of aryl methyl sites for hydroxylation is 1. The van der Waals surface area contributed by atoms with Gasteiger partial charge in [-0.15, -0.1) is 0 Å². The molecule has 0 atom stereocenters. The van der Waals surface area contributed by atoms with E-state index in [0.29, 0.717) is 10.8 Å². The highest BCUT2D eigenvalue weighted by Crippen LogP contribution is 2.34. The minimum atomic E-state index is 0.535. The lowest BCUT2D eigenvalue weighted by molar-refractivity contribution is 0.434. The SMILES string of the molecule is C=C1CCc2cc(Nc3nc(N4CCC(C)CC4)ncc3Cl)ccc2N1C. The Labute approximate surface area is 166 Å². The van der Waals surface area contributed by atoms with Crippen LogP contribution in [-0.4, -0.2) is 30.1 Å². The molecule has 5 nitrogen and oxygen atoms in total. The molecule has 0 unspecified atom stereocenters. The van der Waals surface area contributed by atoms with E-state index in [4.69, 9.17) is 16.6 Å². The molecule has 0 amide bonds. The van der Waals surface area contributed by atoms with Crippen LogP contribution >= 0.6 is 11.6 Å². The number of anilines is 4. The van der Waals surface area contributed by atoms with Crippen molar-refractivity contribution >= 4 is 34.7 Å². The van der Waals surface area contributed by atoms with Crippen LogP contribution in [0.3, 0.4) is 0 Å². The topological polar surface area (TPSA) is 44.3 Å². The Morgan fingerprint density at radius 3 is 2.78 bits per heavy atom. The molecule has 6 heteroatoms. The Bertz CT molecular complexity index is 858. The number of halogens is 1. The Morgan fingerprint density at radius 1 is 1.22 bits per heavy atom. The maximum Gasteiger partial charge on any atom is 0.227 e. The van der Waals surface area contributed by atoms with Crippen molar-refractivity contribution in [2.75, 3.05) is 35.3 Å². The van der Waals surface area contributed by atoms with Gasteiger partial charge in [0.2, 0.25) is 5.95 Å². The standard InChI is InChI=1S/C21H26ClN5/c1-14-8-10-27(11-9-14)21-23-13-18(22)20(25-21)24-17-6-7-19-16(12-17)5-4-15(2)26(19)3/h6-7,12-14H,2,4-5,8-11H2,1,3H3,(H,23,24,25). The van der Waals surface area contributed by atoms with Crippen molar-refractivity contribution in [2.24, 2.45) is 5.92 Å². The van der Waals surface area contributed by atoms with Crippen molar-refractivity contribution in [3.05, 3.63) is 47.3 Å². The van der Waals surface area contributed by atoms with Crippen molar-refractivity contribution in [1.82, 2.24) is 9.97 Å². The number of nitrogens with one attached hydrogen (secondary N) is 1. The fourth-order valence-electron chi connectivity index (χ4n) is 3.75. The summed E-state index contributed by atoms with van der Waals surface area (Å²) < 4.78 is 0. The van der Waals surface area contributed by atoms with Crippen molar-refractivity contribution < 1.29 is 0 Å². The van der Waals surface area contributed by atoms with E-state index in [9.17, 15) is 0 Å². The monoisotopic (exact) mass is 383 g/mol. The molecule has 142 valence electrons. The zero-order chi connectivity index (χ0) is 19.0. The lowest BCUT2D eigenvalue weighted by Crippen LogP contribution is -2.34. The van der Waals surface area contributed by atoms with E-state index in [-0.39, 0.29) is 0 Å². The predicted molar refractivity (Wildman–Crippen MR) is 113 cm³/mol. The Kier molecular flexibility index (Phi) is 4.96. The number of nitrogens with zero attached hydrogens (tertiary/aromatic N) is 4. The quantitative estimate of drug-likeness (QED) is 0.807. The van der Waals surface area contributed by atoms with E-state index in [1.54, 1.807) is 6.20 Å². The fraction of sp³-hybridized carbons (Fsp3) is 0.429. The summed E-state index contributed by atoms with van der Waals surface area (Å²) in [7, 11) is 2.07. The first-order valence-corrected chi connectivity index (χ1v) is 9.98. The van der Waals surface area contributed by atoms with Gasteiger partial charge in [0.25, 0.3) is 0 Å². The number of fused-ring (bicyclic) bond motifs is 1. The fourth-order valence-corrected chi connectivity index (χ4v) is 3.89. The van der Waals surface area contributed by atoms with Crippen molar-refractivity contribution in [3.63, 3.8) is 0 Å². The van der Waals surface area contributed by atoms with Gasteiger partial charge in [-0.25, -0.2) is 4.98 Å². The van der Waals surface area contributed by atoms with Crippen LogP contribution in [0.1, 0.15) is 31.7 Å². The first kappa shape index (κ1) is 18.1. The summed E-state index contributed by atoms with van der Waals surface area (Å²) >= 11 is 6.37. The minimum Gasteiger partial charge on any atom is -0.349 e. The number of hydrogen-bond donors (Lipinski definition) is 1. The molecule has 3 heterocycles. The summed E-state index contributed by atoms with van der Waals surface area (Å²) in [6.07, 6.45) is 6.04. The molecule has 1 saturated heterocycles. The second-order valence-corrected chi connectivity index (χ2v) is 8.04. The first-order valence-electron chi connectivity index (χ1n) is 9.60. The van der Waals surface area contributed by atoms with Crippen LogP contribution in [0.4, 0.5) is 23.1 Å². The number of hydrogen-bond acceptors (Lipinski definition) is 5. The van der Waals surface area contributed by atoms with Gasteiger partial charge in [-0.3, -0.25) is 0 Å². The van der Waals surface area contributed by atoms with Crippen LogP contribution < -0.4 is 15.1 Å². The third kappa shape index (κ3) is 3.74. The van der Waals surface area contributed by atoms with E-state index in [2.05, 4.69) is 58.9 Å². The number of aromatic nitrogens is 2. The van der Waals surface area contributed by atoms with Gasteiger partial charge in [0, 0.05) is 37.2 Å². The molecule has 1 N–H and O–H groups in total. The summed E-state index contributed by atoms with van der Waals surface area (Å²) in [5.74, 6) is 2.19.